The average molecular weight is 348 g/mol. The van der Waals surface area contributed by atoms with Crippen LogP contribution < -0.4 is 0 Å². The van der Waals surface area contributed by atoms with Crippen LogP contribution in [0.2, 0.25) is 0 Å². The zero-order valence-electron chi connectivity index (χ0n) is 9.16. The van der Waals surface area contributed by atoms with E-state index < -0.39 is 0 Å². The minimum atomic E-state index is 0.181. The van der Waals surface area contributed by atoms with Gasteiger partial charge in [0, 0.05) is 9.80 Å². The summed E-state index contributed by atoms with van der Waals surface area (Å²) in [6.45, 7) is 0. The Kier molecular flexibility index (Phi) is 4.86. The molecular weight excluding hydrogens is 332 g/mol. The molecular formula is C13H16Br2O. The monoisotopic (exact) mass is 346 g/mol. The number of ether oxygens (including phenoxy) is 1. The maximum absolute atomic E-state index is 6.13. The zero-order valence-corrected chi connectivity index (χ0v) is 12.3. The van der Waals surface area contributed by atoms with Gasteiger partial charge in [-0.2, -0.15) is 0 Å². The molecule has 1 fully saturated rings. The van der Waals surface area contributed by atoms with Gasteiger partial charge >= 0.3 is 0 Å². The molecule has 88 valence electrons. The van der Waals surface area contributed by atoms with Gasteiger partial charge in [0.2, 0.25) is 0 Å². The van der Waals surface area contributed by atoms with Crippen molar-refractivity contribution < 1.29 is 4.74 Å². The highest BCUT2D eigenvalue weighted by Crippen LogP contribution is 2.29. The van der Waals surface area contributed by atoms with Crippen LogP contribution in [0.3, 0.4) is 0 Å². The van der Waals surface area contributed by atoms with Crippen LogP contribution in [0.5, 0.6) is 0 Å². The smallest absolute Gasteiger partial charge is 0.0925 e. The fourth-order valence-electron chi connectivity index (χ4n) is 2.17. The first-order valence-corrected chi connectivity index (χ1v) is 7.68. The lowest BCUT2D eigenvalue weighted by molar-refractivity contribution is 0.00431. The van der Waals surface area contributed by atoms with Gasteiger partial charge < -0.3 is 4.74 Å². The molecule has 0 radical (unpaired) electrons. The van der Waals surface area contributed by atoms with Crippen LogP contribution in [0.4, 0.5) is 0 Å². The molecule has 1 aromatic rings. The van der Waals surface area contributed by atoms with Gasteiger partial charge in [-0.25, -0.2) is 0 Å². The van der Waals surface area contributed by atoms with Gasteiger partial charge in [-0.1, -0.05) is 56.8 Å². The number of hydrogen-bond donors (Lipinski definition) is 0. The van der Waals surface area contributed by atoms with E-state index in [1.54, 1.807) is 0 Å². The van der Waals surface area contributed by atoms with Crippen LogP contribution in [0.1, 0.15) is 37.4 Å². The standard InChI is InChI=1S/C13H16Br2O/c14-9-13(16-12-6-1-2-7-12)10-4-3-5-11(15)8-10/h3-5,8,12-13H,1-2,6-7,9H2. The lowest BCUT2D eigenvalue weighted by atomic mass is 10.1. The summed E-state index contributed by atoms with van der Waals surface area (Å²) >= 11 is 7.05. The second-order valence-corrected chi connectivity index (χ2v) is 5.80. The van der Waals surface area contributed by atoms with Crippen molar-refractivity contribution in [1.82, 2.24) is 0 Å². The molecule has 0 aromatic heterocycles. The summed E-state index contributed by atoms with van der Waals surface area (Å²) in [7, 11) is 0. The maximum Gasteiger partial charge on any atom is 0.0925 e. The first kappa shape index (κ1) is 12.6. The second kappa shape index (κ2) is 6.18. The van der Waals surface area contributed by atoms with E-state index in [9.17, 15) is 0 Å². The van der Waals surface area contributed by atoms with E-state index in [1.807, 2.05) is 6.07 Å². The average Bonchev–Trinajstić information content (AvgIpc) is 2.78. The molecule has 0 spiro atoms. The molecule has 1 aromatic carbocycles. The van der Waals surface area contributed by atoms with Crippen molar-refractivity contribution in [2.24, 2.45) is 0 Å². The van der Waals surface area contributed by atoms with Crippen LogP contribution in [0, 0.1) is 0 Å². The number of alkyl halides is 1. The van der Waals surface area contributed by atoms with Gasteiger partial charge in [-0.3, -0.25) is 0 Å². The summed E-state index contributed by atoms with van der Waals surface area (Å²) in [4.78, 5) is 0. The third-order valence-electron chi connectivity index (χ3n) is 3.02. The Morgan fingerprint density at radius 1 is 1.31 bits per heavy atom. The molecule has 0 heterocycles. The van der Waals surface area contributed by atoms with Crippen LogP contribution in [-0.2, 0) is 4.74 Å². The zero-order chi connectivity index (χ0) is 11.4. The van der Waals surface area contributed by atoms with E-state index in [4.69, 9.17) is 4.74 Å². The highest BCUT2D eigenvalue weighted by Gasteiger charge is 2.20. The van der Waals surface area contributed by atoms with Crippen molar-refractivity contribution in [1.29, 1.82) is 0 Å². The molecule has 1 aliphatic carbocycles. The predicted octanol–water partition coefficient (Wildman–Crippen LogP) is 4.84. The summed E-state index contributed by atoms with van der Waals surface area (Å²) < 4.78 is 7.25. The number of benzene rings is 1. The van der Waals surface area contributed by atoms with E-state index in [-0.39, 0.29) is 6.10 Å². The van der Waals surface area contributed by atoms with Crippen LogP contribution in [-0.4, -0.2) is 11.4 Å². The molecule has 0 N–H and O–H groups in total. The van der Waals surface area contributed by atoms with Crippen molar-refractivity contribution >= 4 is 31.9 Å². The molecule has 0 saturated heterocycles. The van der Waals surface area contributed by atoms with E-state index in [1.165, 1.54) is 31.2 Å². The van der Waals surface area contributed by atoms with Gasteiger partial charge in [-0.05, 0) is 30.5 Å². The molecule has 1 nitrogen and oxygen atoms in total. The van der Waals surface area contributed by atoms with Crippen LogP contribution in [0.15, 0.2) is 28.7 Å². The summed E-state index contributed by atoms with van der Waals surface area (Å²) in [5.74, 6) is 0. The lowest BCUT2D eigenvalue weighted by Gasteiger charge is -2.20. The van der Waals surface area contributed by atoms with Gasteiger partial charge in [0.05, 0.1) is 12.2 Å². The lowest BCUT2D eigenvalue weighted by Crippen LogP contribution is -2.14. The minimum Gasteiger partial charge on any atom is -0.369 e. The molecule has 2 rings (SSSR count). The molecule has 1 aliphatic rings. The Labute approximate surface area is 114 Å². The van der Waals surface area contributed by atoms with Crippen molar-refractivity contribution in [2.45, 2.75) is 37.9 Å². The third kappa shape index (κ3) is 3.31. The predicted molar refractivity (Wildman–Crippen MR) is 74.0 cm³/mol. The molecule has 0 aliphatic heterocycles. The van der Waals surface area contributed by atoms with Crippen LogP contribution >= 0.6 is 31.9 Å². The molecule has 0 amide bonds. The Morgan fingerprint density at radius 2 is 2.06 bits per heavy atom. The van der Waals surface area contributed by atoms with E-state index in [2.05, 4.69) is 50.1 Å². The Hall–Kier alpha value is 0.140. The van der Waals surface area contributed by atoms with Crippen LogP contribution in [0.25, 0.3) is 0 Å². The fraction of sp³-hybridized carbons (Fsp3) is 0.538. The first-order chi connectivity index (χ1) is 7.79. The van der Waals surface area contributed by atoms with Gasteiger partial charge in [0.1, 0.15) is 0 Å². The molecule has 3 heteroatoms. The van der Waals surface area contributed by atoms with Crippen molar-refractivity contribution in [3.63, 3.8) is 0 Å². The Balaban J connectivity index is 2.03. The third-order valence-corrected chi connectivity index (χ3v) is 4.10. The van der Waals surface area contributed by atoms with Gasteiger partial charge in [0.15, 0.2) is 0 Å². The minimum absolute atomic E-state index is 0.181. The fourth-order valence-corrected chi connectivity index (χ4v) is 3.11. The Bertz CT molecular complexity index is 334. The number of hydrogen-bond acceptors (Lipinski definition) is 1. The molecule has 16 heavy (non-hydrogen) atoms. The summed E-state index contributed by atoms with van der Waals surface area (Å²) in [5.41, 5.74) is 1.25. The van der Waals surface area contributed by atoms with Crippen molar-refractivity contribution in [3.05, 3.63) is 34.3 Å². The summed E-state index contributed by atoms with van der Waals surface area (Å²) in [5, 5.41) is 0.861. The maximum atomic E-state index is 6.13. The molecule has 1 unspecified atom stereocenters. The van der Waals surface area contributed by atoms with Crippen molar-refractivity contribution in [3.8, 4) is 0 Å². The number of rotatable bonds is 4. The highest BCUT2D eigenvalue weighted by molar-refractivity contribution is 9.10. The SMILES string of the molecule is BrCC(OC1CCCC1)c1cccc(Br)c1. The quantitative estimate of drug-likeness (QED) is 0.708. The molecule has 1 atom stereocenters. The topological polar surface area (TPSA) is 9.23 Å². The number of halogens is 2. The van der Waals surface area contributed by atoms with E-state index in [0.29, 0.717) is 6.10 Å². The van der Waals surface area contributed by atoms with Gasteiger partial charge in [0.25, 0.3) is 0 Å². The normalized spacial score (nSPS) is 18.9. The summed E-state index contributed by atoms with van der Waals surface area (Å²) in [6.07, 6.45) is 5.72. The van der Waals surface area contributed by atoms with E-state index >= 15 is 0 Å². The highest BCUT2D eigenvalue weighted by atomic mass is 79.9. The second-order valence-electron chi connectivity index (χ2n) is 4.24. The Morgan fingerprint density at radius 3 is 2.69 bits per heavy atom. The largest absolute Gasteiger partial charge is 0.369 e. The van der Waals surface area contributed by atoms with Gasteiger partial charge in [-0.15, -0.1) is 0 Å². The summed E-state index contributed by atoms with van der Waals surface area (Å²) in [6, 6.07) is 8.38. The molecule has 1 saturated carbocycles. The van der Waals surface area contributed by atoms with E-state index in [0.717, 1.165) is 9.80 Å². The first-order valence-electron chi connectivity index (χ1n) is 5.76. The van der Waals surface area contributed by atoms with Crippen molar-refractivity contribution in [2.75, 3.05) is 5.33 Å². The molecule has 0 bridgehead atoms.